The Bertz CT molecular complexity index is 5250. The molecule has 0 saturated heterocycles. The topological polar surface area (TPSA) is 238 Å². The van der Waals surface area contributed by atoms with Crippen molar-refractivity contribution in [2.24, 2.45) is 0 Å². The lowest BCUT2D eigenvalue weighted by Gasteiger charge is -2.09. The molecule has 5 N–H and O–H groups in total. The molecule has 14 rings (SSSR count). The highest BCUT2D eigenvalue weighted by Gasteiger charge is 2.24. The molecule has 0 fully saturated rings. The number of nitrogens with zero attached hydrogens (tertiary/aromatic N) is 8. The molecule has 0 aliphatic rings. The van der Waals surface area contributed by atoms with Gasteiger partial charge in [-0.25, -0.2) is 67.9 Å². The summed E-state index contributed by atoms with van der Waals surface area (Å²) in [7, 11) is -7.52. The second kappa shape index (κ2) is 30.8. The average Bonchev–Trinajstić information content (AvgIpc) is 1.64. The number of anilines is 3. The first-order chi connectivity index (χ1) is 46.9. The first-order valence-corrected chi connectivity index (χ1v) is 33.7. The molecule has 17 nitrogen and oxygen atoms in total. The first-order valence-electron chi connectivity index (χ1n) is 29.7. The summed E-state index contributed by atoms with van der Waals surface area (Å²) in [6.45, 7) is 0.486. The number of nitrogens with two attached hydrogens (primary N) is 1. The molecule has 0 saturated carbocycles. The van der Waals surface area contributed by atoms with Gasteiger partial charge in [0.25, 0.3) is 20.0 Å². The highest BCUT2D eigenvalue weighted by molar-refractivity contribution is 7.90. The molecular weight excluding hydrogens is 1340 g/mol. The lowest BCUT2D eigenvalue weighted by Crippen LogP contribution is -2.12. The minimum atomic E-state index is -3.80. The third-order valence-corrected chi connectivity index (χ3v) is 19.5. The van der Waals surface area contributed by atoms with E-state index in [4.69, 9.17) is 40.5 Å². The largest absolute Gasteiger partial charge is 0.384 e. The van der Waals surface area contributed by atoms with Crippen molar-refractivity contribution in [3.8, 4) is 0 Å². The van der Waals surface area contributed by atoms with Gasteiger partial charge in [0.05, 0.1) is 20.4 Å². The fourth-order valence-electron chi connectivity index (χ4n) is 10.3. The highest BCUT2D eigenvalue weighted by Crippen LogP contribution is 2.30. The Morgan fingerprint density at radius 3 is 1.31 bits per heavy atom. The number of halogens is 6. The van der Waals surface area contributed by atoms with Crippen LogP contribution in [0.4, 0.5) is 30.6 Å². The number of carbonyl (C=O) groups is 1. The molecule has 0 spiro atoms. The summed E-state index contributed by atoms with van der Waals surface area (Å²) in [5.74, 6) is 0.413. The Balaban J connectivity index is 0.000000139. The number of rotatable bonds is 17. The molecule has 0 amide bonds. The van der Waals surface area contributed by atoms with E-state index < -0.39 is 25.9 Å². The number of nitrogens with one attached hydrogen (secondary N) is 3. The van der Waals surface area contributed by atoms with Crippen molar-refractivity contribution < 1.29 is 34.8 Å². The molecule has 0 aliphatic heterocycles. The zero-order valence-corrected chi connectivity index (χ0v) is 54.9. The lowest BCUT2D eigenvalue weighted by atomic mass is 10.1. The van der Waals surface area contributed by atoms with E-state index >= 15 is 0 Å². The Morgan fingerprint density at radius 1 is 0.454 bits per heavy atom. The van der Waals surface area contributed by atoms with E-state index in [9.17, 15) is 34.8 Å². The van der Waals surface area contributed by atoms with Crippen LogP contribution in [0.2, 0.25) is 15.1 Å². The molecule has 0 unspecified atom stereocenters. The summed E-state index contributed by atoms with van der Waals surface area (Å²) < 4.78 is 95.4. The predicted molar refractivity (Wildman–Crippen MR) is 373 cm³/mol. The van der Waals surface area contributed by atoms with Crippen LogP contribution in [0.3, 0.4) is 0 Å². The van der Waals surface area contributed by atoms with Crippen LogP contribution in [0.25, 0.3) is 33.1 Å². The van der Waals surface area contributed by atoms with Gasteiger partial charge in [0.1, 0.15) is 40.6 Å². The van der Waals surface area contributed by atoms with Gasteiger partial charge >= 0.3 is 0 Å². The fourth-order valence-corrected chi connectivity index (χ4v) is 13.7. The third-order valence-electron chi connectivity index (χ3n) is 15.2. The molecule has 0 bridgehead atoms. The normalized spacial score (nSPS) is 11.2. The summed E-state index contributed by atoms with van der Waals surface area (Å²) >= 11 is 17.6. The Kier molecular flexibility index (Phi) is 21.5. The summed E-state index contributed by atoms with van der Waals surface area (Å²) in [6, 6.07) is 52.4. The predicted octanol–water partition coefficient (Wildman–Crippen LogP) is 15.7. The van der Waals surface area contributed by atoms with Gasteiger partial charge in [-0.05, 0) is 149 Å². The van der Waals surface area contributed by atoms with Gasteiger partial charge < -0.3 is 21.4 Å². The SMILES string of the molecule is Fc1cccc(Cl)c1CNc1ccc(Cc2c[nH]c3ncccc23)cn1.Nc1ccc(Cc2cn(S(=O)(=O)c3ccccc3)c3ncccc23)cn1.O=Cc1c(F)cccc1Cl.O=S(=O)(c1ccccc1)n1cc(Cc2ccc(NCc3c(F)cccc3Cl)nc2)c2cccnc21. The van der Waals surface area contributed by atoms with Gasteiger partial charge in [-0.3, -0.25) is 4.79 Å². The minimum Gasteiger partial charge on any atom is -0.384 e. The Morgan fingerprint density at radius 2 is 0.887 bits per heavy atom. The maximum absolute atomic E-state index is 14.0. The molecular formula is C72H56Cl3F3N12O5S2. The van der Waals surface area contributed by atoms with Crippen molar-refractivity contribution in [3.63, 3.8) is 0 Å². The summed E-state index contributed by atoms with van der Waals surface area (Å²) in [6.07, 6.45) is 17.5. The Labute approximate surface area is 570 Å². The van der Waals surface area contributed by atoms with Crippen molar-refractivity contribution in [1.82, 2.24) is 42.8 Å². The molecule has 9 aromatic heterocycles. The van der Waals surface area contributed by atoms with Crippen molar-refractivity contribution in [2.45, 2.75) is 42.1 Å². The second-order valence-electron chi connectivity index (χ2n) is 21.6. The van der Waals surface area contributed by atoms with Crippen molar-refractivity contribution in [2.75, 3.05) is 16.4 Å². The number of aromatic amines is 1. The lowest BCUT2D eigenvalue weighted by molar-refractivity contribution is 0.112. The van der Waals surface area contributed by atoms with Crippen LogP contribution < -0.4 is 16.4 Å². The average molecular weight is 1400 g/mol. The maximum atomic E-state index is 14.0. The number of aldehydes is 1. The van der Waals surface area contributed by atoms with E-state index in [1.807, 2.05) is 54.9 Å². The van der Waals surface area contributed by atoms with Gasteiger partial charge in [0.2, 0.25) is 0 Å². The maximum Gasteiger partial charge on any atom is 0.269 e. The van der Waals surface area contributed by atoms with Crippen LogP contribution >= 0.6 is 34.8 Å². The molecule has 5 aromatic carbocycles. The number of H-pyrrole nitrogens is 1. The van der Waals surface area contributed by atoms with E-state index in [2.05, 4.69) is 51.6 Å². The fraction of sp³-hybridized carbons (Fsp3) is 0.0694. The molecule has 0 aliphatic carbocycles. The number of nitrogen functional groups attached to an aromatic ring is 1. The molecule has 97 heavy (non-hydrogen) atoms. The number of aromatic nitrogens is 9. The standard InChI is InChI=1S/C26H20ClFN4O2S.C20H16ClFN4.C19H16N4O2S.C7H4ClFO/c27-23-9-4-10-24(28)22(23)16-31-25-12-11-18(15-30-25)14-19-17-32(26-21(19)8-5-13-29-26)35(33,34)20-6-2-1-3-7-20;21-17-4-1-5-18(22)16(17)12-25-19-7-6-13(10-24-19)9-14-11-26-20-15(14)3-2-8-23-20;20-18-9-8-14(12-22-18)11-15-13-23(19-17(15)7-4-10-21-19)26(24,25)16-5-2-1-3-6-16;8-6-2-1-3-7(9)5(6)4-10/h1-13,15,17H,14,16H2,(H,30,31);1-8,10-11H,9,12H2,(H,23,26)(H,24,25);1-10,12-13H,11H2,(H2,20,22);1-4H. The number of hydrogen-bond acceptors (Lipinski definition) is 14. The summed E-state index contributed by atoms with van der Waals surface area (Å²) in [4.78, 5) is 39.6. The second-order valence-corrected chi connectivity index (χ2v) is 26.4. The van der Waals surface area contributed by atoms with Gasteiger partial charge in [-0.1, -0.05) is 108 Å². The van der Waals surface area contributed by atoms with E-state index in [0.717, 1.165) is 56.0 Å². The number of fused-ring (bicyclic) bond motifs is 3. The number of hydrogen-bond donors (Lipinski definition) is 4. The Hall–Kier alpha value is -10.8. The number of benzene rings is 5. The van der Waals surface area contributed by atoms with E-state index in [-0.39, 0.29) is 45.1 Å². The highest BCUT2D eigenvalue weighted by atomic mass is 35.5. The van der Waals surface area contributed by atoms with E-state index in [1.165, 1.54) is 43.8 Å². The molecule has 0 atom stereocenters. The quantitative estimate of drug-likeness (QED) is 0.0621. The van der Waals surface area contributed by atoms with Gasteiger partial charge in [0.15, 0.2) is 17.6 Å². The van der Waals surface area contributed by atoms with Gasteiger partial charge in [-0.2, -0.15) is 0 Å². The summed E-state index contributed by atoms with van der Waals surface area (Å²) in [5.41, 5.74) is 13.8. The van der Waals surface area contributed by atoms with Crippen LogP contribution in [0.1, 0.15) is 54.9 Å². The van der Waals surface area contributed by atoms with Crippen LogP contribution in [-0.4, -0.2) is 66.0 Å². The van der Waals surface area contributed by atoms with Crippen LogP contribution in [-0.2, 0) is 52.4 Å². The molecule has 0 radical (unpaired) electrons. The van der Waals surface area contributed by atoms with Crippen molar-refractivity contribution >= 4 is 112 Å². The van der Waals surface area contributed by atoms with Crippen LogP contribution in [0.15, 0.2) is 254 Å². The van der Waals surface area contributed by atoms with E-state index in [0.29, 0.717) is 69.0 Å². The molecule has 14 aromatic rings. The molecule has 25 heteroatoms. The van der Waals surface area contributed by atoms with E-state index in [1.54, 1.807) is 153 Å². The minimum absolute atomic E-state index is 0.0795. The zero-order valence-electron chi connectivity index (χ0n) is 51.0. The van der Waals surface area contributed by atoms with Crippen LogP contribution in [0.5, 0.6) is 0 Å². The van der Waals surface area contributed by atoms with Crippen molar-refractivity contribution in [1.29, 1.82) is 0 Å². The first kappa shape index (κ1) is 67.7. The van der Waals surface area contributed by atoms with Crippen LogP contribution in [0, 0.1) is 17.5 Å². The zero-order chi connectivity index (χ0) is 68.1. The van der Waals surface area contributed by atoms with Crippen molar-refractivity contribution in [3.05, 3.63) is 326 Å². The third kappa shape index (κ3) is 16.2. The number of carbonyl (C=O) groups excluding carboxylic acids is 1. The van der Waals surface area contributed by atoms with Gasteiger partial charge in [-0.15, -0.1) is 0 Å². The van der Waals surface area contributed by atoms with Gasteiger partial charge in [0, 0.05) is 125 Å². The number of pyridine rings is 6. The summed E-state index contributed by atoms with van der Waals surface area (Å²) in [5, 5.41) is 9.75. The molecule has 488 valence electrons. The smallest absolute Gasteiger partial charge is 0.269 e. The molecule has 9 heterocycles. The monoisotopic (exact) mass is 1390 g/mol.